The second-order valence-corrected chi connectivity index (χ2v) is 5.50. The summed E-state index contributed by atoms with van der Waals surface area (Å²) in [5.74, 6) is 0. The van der Waals surface area contributed by atoms with E-state index in [-0.39, 0.29) is 4.90 Å². The highest BCUT2D eigenvalue weighted by molar-refractivity contribution is 7.89. The zero-order chi connectivity index (χ0) is 12.9. The zero-order valence-electron chi connectivity index (χ0n) is 10.4. The highest BCUT2D eigenvalue weighted by Gasteiger charge is 2.18. The fraction of sp³-hybridized carbons (Fsp3) is 0.500. The van der Waals surface area contributed by atoms with Gasteiger partial charge in [-0.25, -0.2) is 8.42 Å². The zero-order valence-corrected chi connectivity index (χ0v) is 11.3. The molecule has 5 heteroatoms. The molecule has 0 radical (unpaired) electrons. The van der Waals surface area contributed by atoms with Crippen LogP contribution in [0.15, 0.2) is 29.2 Å². The molecule has 1 rings (SSSR count). The molecule has 1 aromatic rings. The molecule has 0 fully saturated rings. The molecule has 0 aliphatic carbocycles. The Kier molecular flexibility index (Phi) is 5.11. The van der Waals surface area contributed by atoms with Crippen LogP contribution in [0, 0.1) is 6.92 Å². The molecule has 17 heavy (non-hydrogen) atoms. The van der Waals surface area contributed by atoms with Crippen molar-refractivity contribution in [1.29, 1.82) is 0 Å². The number of hydrogen-bond donors (Lipinski definition) is 1. The number of rotatable bonds is 6. The van der Waals surface area contributed by atoms with E-state index in [9.17, 15) is 8.42 Å². The molecule has 96 valence electrons. The molecule has 1 atom stereocenters. The summed E-state index contributed by atoms with van der Waals surface area (Å²) in [6, 6.07) is 6.74. The Hall–Kier alpha value is -0.910. The van der Waals surface area contributed by atoms with Crippen LogP contribution >= 0.6 is 0 Å². The van der Waals surface area contributed by atoms with Crippen molar-refractivity contribution in [2.75, 3.05) is 6.61 Å². The van der Waals surface area contributed by atoms with Crippen LogP contribution in [0.5, 0.6) is 0 Å². The molecule has 0 saturated heterocycles. The topological polar surface area (TPSA) is 55.4 Å². The number of hydrogen-bond acceptors (Lipinski definition) is 3. The molecule has 0 saturated carbocycles. The van der Waals surface area contributed by atoms with Gasteiger partial charge in [0.05, 0.1) is 4.90 Å². The van der Waals surface area contributed by atoms with E-state index in [1.165, 1.54) is 0 Å². The summed E-state index contributed by atoms with van der Waals surface area (Å²) in [4.78, 5) is 0.265. The second-order valence-electron chi connectivity index (χ2n) is 3.79. The third-order valence-corrected chi connectivity index (χ3v) is 3.82. The Bertz CT molecular complexity index is 439. The lowest BCUT2D eigenvalue weighted by Crippen LogP contribution is -2.36. The van der Waals surface area contributed by atoms with Gasteiger partial charge < -0.3 is 4.74 Å². The first-order valence-corrected chi connectivity index (χ1v) is 7.18. The molecule has 0 aliphatic heterocycles. The van der Waals surface area contributed by atoms with Crippen molar-refractivity contribution in [1.82, 2.24) is 4.72 Å². The van der Waals surface area contributed by atoms with Gasteiger partial charge >= 0.3 is 0 Å². The normalized spacial score (nSPS) is 13.6. The molecule has 1 aromatic carbocycles. The highest BCUT2D eigenvalue weighted by Crippen LogP contribution is 2.11. The number of benzene rings is 1. The van der Waals surface area contributed by atoms with Gasteiger partial charge in [0.15, 0.2) is 0 Å². The fourth-order valence-electron chi connectivity index (χ4n) is 1.39. The van der Waals surface area contributed by atoms with E-state index in [1.54, 1.807) is 24.3 Å². The van der Waals surface area contributed by atoms with Crippen LogP contribution < -0.4 is 4.72 Å². The van der Waals surface area contributed by atoms with Crippen LogP contribution in [0.3, 0.4) is 0 Å². The van der Waals surface area contributed by atoms with Crippen LogP contribution in [-0.2, 0) is 14.8 Å². The van der Waals surface area contributed by atoms with Gasteiger partial charge in [-0.05, 0) is 32.4 Å². The molecule has 0 spiro atoms. The first-order chi connectivity index (χ1) is 7.99. The maximum Gasteiger partial charge on any atom is 0.242 e. The minimum absolute atomic E-state index is 0.265. The van der Waals surface area contributed by atoms with E-state index in [2.05, 4.69) is 4.72 Å². The maximum absolute atomic E-state index is 12.0. The van der Waals surface area contributed by atoms with Gasteiger partial charge in [0.2, 0.25) is 10.0 Å². The minimum atomic E-state index is -3.49. The molecule has 0 aliphatic rings. The van der Waals surface area contributed by atoms with Crippen LogP contribution in [0.25, 0.3) is 0 Å². The summed E-state index contributed by atoms with van der Waals surface area (Å²) in [6.45, 7) is 6.11. The molecule has 0 bridgehead atoms. The summed E-state index contributed by atoms with van der Waals surface area (Å²) in [5.41, 5.74) is 1.03. The molecule has 4 nitrogen and oxygen atoms in total. The monoisotopic (exact) mass is 257 g/mol. The van der Waals surface area contributed by atoms with Crippen molar-refractivity contribution in [3.63, 3.8) is 0 Å². The van der Waals surface area contributed by atoms with Gasteiger partial charge in [0.1, 0.15) is 6.23 Å². The summed E-state index contributed by atoms with van der Waals surface area (Å²) >= 11 is 0. The average Bonchev–Trinajstić information content (AvgIpc) is 2.28. The Morgan fingerprint density at radius 2 is 1.82 bits per heavy atom. The van der Waals surface area contributed by atoms with Gasteiger partial charge in [-0.1, -0.05) is 24.6 Å². The van der Waals surface area contributed by atoms with E-state index < -0.39 is 16.3 Å². The van der Waals surface area contributed by atoms with Crippen molar-refractivity contribution in [3.05, 3.63) is 29.8 Å². The minimum Gasteiger partial charge on any atom is -0.363 e. The van der Waals surface area contributed by atoms with Crippen molar-refractivity contribution in [2.45, 2.75) is 38.3 Å². The molecule has 0 amide bonds. The molecular formula is C12H19NO3S. The third-order valence-electron chi connectivity index (χ3n) is 2.36. The Balaban J connectivity index is 2.84. The predicted octanol–water partition coefficient (Wildman–Crippen LogP) is 2.05. The van der Waals surface area contributed by atoms with E-state index in [0.717, 1.165) is 5.56 Å². The lowest BCUT2D eigenvalue weighted by Gasteiger charge is -2.16. The average molecular weight is 257 g/mol. The summed E-state index contributed by atoms with van der Waals surface area (Å²) in [6.07, 6.45) is 0.130. The first kappa shape index (κ1) is 14.2. The summed E-state index contributed by atoms with van der Waals surface area (Å²) in [5, 5.41) is 0. The van der Waals surface area contributed by atoms with Crippen LogP contribution in [0.2, 0.25) is 0 Å². The largest absolute Gasteiger partial charge is 0.363 e. The first-order valence-electron chi connectivity index (χ1n) is 5.70. The number of sulfonamides is 1. The molecule has 0 heterocycles. The summed E-state index contributed by atoms with van der Waals surface area (Å²) in [7, 11) is -3.49. The third kappa shape index (κ3) is 4.11. The van der Waals surface area contributed by atoms with Gasteiger partial charge in [0.25, 0.3) is 0 Å². The standard InChI is InChI=1S/C12H19NO3S/c1-4-12(16-5-2)13-17(14,15)11-8-6-10(3)7-9-11/h6-9,12-13H,4-5H2,1-3H3. The lowest BCUT2D eigenvalue weighted by molar-refractivity contribution is 0.0526. The molecule has 0 aromatic heterocycles. The Morgan fingerprint density at radius 1 is 1.24 bits per heavy atom. The fourth-order valence-corrected chi connectivity index (χ4v) is 2.61. The number of ether oxygens (including phenoxy) is 1. The van der Waals surface area contributed by atoms with Gasteiger partial charge in [-0.2, -0.15) is 4.72 Å². The van der Waals surface area contributed by atoms with E-state index in [1.807, 2.05) is 20.8 Å². The van der Waals surface area contributed by atoms with E-state index in [0.29, 0.717) is 13.0 Å². The van der Waals surface area contributed by atoms with Crippen molar-refractivity contribution < 1.29 is 13.2 Å². The van der Waals surface area contributed by atoms with Crippen molar-refractivity contribution in [2.24, 2.45) is 0 Å². The molecule has 1 N–H and O–H groups in total. The lowest BCUT2D eigenvalue weighted by atomic mass is 10.2. The van der Waals surface area contributed by atoms with Gasteiger partial charge in [0, 0.05) is 6.61 Å². The van der Waals surface area contributed by atoms with Crippen molar-refractivity contribution >= 4 is 10.0 Å². The van der Waals surface area contributed by atoms with Crippen molar-refractivity contribution in [3.8, 4) is 0 Å². The number of nitrogens with one attached hydrogen (secondary N) is 1. The molecule has 1 unspecified atom stereocenters. The summed E-state index contributed by atoms with van der Waals surface area (Å²) < 4.78 is 31.8. The second kappa shape index (κ2) is 6.14. The Labute approximate surface area is 103 Å². The van der Waals surface area contributed by atoms with Crippen LogP contribution in [0.4, 0.5) is 0 Å². The Morgan fingerprint density at radius 3 is 2.29 bits per heavy atom. The highest BCUT2D eigenvalue weighted by atomic mass is 32.2. The smallest absolute Gasteiger partial charge is 0.242 e. The molecular weight excluding hydrogens is 238 g/mol. The quantitative estimate of drug-likeness (QED) is 0.793. The van der Waals surface area contributed by atoms with Crippen LogP contribution in [0.1, 0.15) is 25.8 Å². The van der Waals surface area contributed by atoms with Gasteiger partial charge in [-0.3, -0.25) is 0 Å². The van der Waals surface area contributed by atoms with Gasteiger partial charge in [-0.15, -0.1) is 0 Å². The number of aryl methyl sites for hydroxylation is 1. The predicted molar refractivity (Wildman–Crippen MR) is 67.2 cm³/mol. The van der Waals surface area contributed by atoms with E-state index >= 15 is 0 Å². The van der Waals surface area contributed by atoms with Crippen LogP contribution in [-0.4, -0.2) is 21.3 Å². The SMILES string of the molecule is CCOC(CC)NS(=O)(=O)c1ccc(C)cc1. The maximum atomic E-state index is 12.0. The van der Waals surface area contributed by atoms with E-state index in [4.69, 9.17) is 4.74 Å².